The van der Waals surface area contributed by atoms with Crippen LogP contribution < -0.4 is 5.32 Å². The Morgan fingerprint density at radius 1 is 1.22 bits per heavy atom. The van der Waals surface area contributed by atoms with Crippen LogP contribution in [-0.4, -0.2) is 16.9 Å². The van der Waals surface area contributed by atoms with Crippen LogP contribution >= 0.6 is 0 Å². The van der Waals surface area contributed by atoms with Gasteiger partial charge in [-0.05, 0) is 43.4 Å². The normalized spacial score (nSPS) is 16.6. The number of hydrogen-bond donors (Lipinski definition) is 1. The monoisotopic (exact) mass is 246 g/mol. The fraction of sp³-hybridized carbons (Fsp3) is 0.600. The number of aryl methyl sites for hydroxylation is 2. The Balaban J connectivity index is 1.94. The van der Waals surface area contributed by atoms with Crippen LogP contribution in [0.3, 0.4) is 0 Å². The highest BCUT2D eigenvalue weighted by atomic mass is 16.1. The minimum atomic E-state index is 0.152. The van der Waals surface area contributed by atoms with Gasteiger partial charge < -0.3 is 5.32 Å². The predicted molar refractivity (Wildman–Crippen MR) is 72.4 cm³/mol. The minimum Gasteiger partial charge on any atom is -0.353 e. The summed E-state index contributed by atoms with van der Waals surface area (Å²) in [6.07, 6.45) is 10.2. The lowest BCUT2D eigenvalue weighted by atomic mass is 9.95. The fourth-order valence-electron chi connectivity index (χ4n) is 2.69. The van der Waals surface area contributed by atoms with Crippen molar-refractivity contribution in [2.75, 3.05) is 0 Å². The summed E-state index contributed by atoms with van der Waals surface area (Å²) in [7, 11) is 0. The number of aromatic nitrogens is 1. The quantitative estimate of drug-likeness (QED) is 0.891. The summed E-state index contributed by atoms with van der Waals surface area (Å²) >= 11 is 0. The Kier molecular flexibility index (Phi) is 4.34. The molecule has 2 rings (SSSR count). The Labute approximate surface area is 109 Å². The summed E-state index contributed by atoms with van der Waals surface area (Å²) in [6.45, 7) is 4.03. The van der Waals surface area contributed by atoms with Crippen molar-refractivity contribution >= 4 is 5.91 Å². The van der Waals surface area contributed by atoms with Crippen LogP contribution in [0.25, 0.3) is 0 Å². The zero-order valence-electron chi connectivity index (χ0n) is 11.3. The van der Waals surface area contributed by atoms with Gasteiger partial charge in [0.15, 0.2) is 0 Å². The van der Waals surface area contributed by atoms with Gasteiger partial charge in [0.25, 0.3) is 0 Å². The second-order valence-corrected chi connectivity index (χ2v) is 5.33. The van der Waals surface area contributed by atoms with Crippen molar-refractivity contribution in [3.05, 3.63) is 29.1 Å². The maximum atomic E-state index is 12.1. The first-order valence-corrected chi connectivity index (χ1v) is 6.86. The SMILES string of the molecule is Cc1cncc(C)c1CC(=O)NC1CCCCC1. The Hall–Kier alpha value is -1.38. The van der Waals surface area contributed by atoms with Crippen molar-refractivity contribution < 1.29 is 4.79 Å². The summed E-state index contributed by atoms with van der Waals surface area (Å²) in [5, 5.41) is 3.16. The Bertz CT molecular complexity index is 402. The van der Waals surface area contributed by atoms with Crippen LogP contribution in [0.4, 0.5) is 0 Å². The summed E-state index contributed by atoms with van der Waals surface area (Å²) in [5.41, 5.74) is 3.33. The molecule has 0 spiro atoms. The highest BCUT2D eigenvalue weighted by molar-refractivity contribution is 5.79. The molecule has 3 heteroatoms. The van der Waals surface area contributed by atoms with Gasteiger partial charge in [0.1, 0.15) is 0 Å². The average Bonchev–Trinajstić information content (AvgIpc) is 2.35. The van der Waals surface area contributed by atoms with Crippen molar-refractivity contribution in [1.82, 2.24) is 10.3 Å². The molecule has 1 aromatic rings. The van der Waals surface area contributed by atoms with E-state index in [1.54, 1.807) is 0 Å². The van der Waals surface area contributed by atoms with Crippen molar-refractivity contribution in [1.29, 1.82) is 0 Å². The van der Waals surface area contributed by atoms with Gasteiger partial charge in [-0.1, -0.05) is 19.3 Å². The number of carbonyl (C=O) groups excluding carboxylic acids is 1. The Morgan fingerprint density at radius 2 is 1.83 bits per heavy atom. The minimum absolute atomic E-state index is 0.152. The molecule has 18 heavy (non-hydrogen) atoms. The molecule has 0 atom stereocenters. The highest BCUT2D eigenvalue weighted by Gasteiger charge is 2.16. The van der Waals surface area contributed by atoms with Crippen LogP contribution in [0.1, 0.15) is 48.8 Å². The van der Waals surface area contributed by atoms with E-state index in [2.05, 4.69) is 10.3 Å². The van der Waals surface area contributed by atoms with Crippen molar-refractivity contribution in [2.45, 2.75) is 58.4 Å². The lowest BCUT2D eigenvalue weighted by Gasteiger charge is -2.23. The smallest absolute Gasteiger partial charge is 0.224 e. The molecular formula is C15H22N2O. The zero-order chi connectivity index (χ0) is 13.0. The molecule has 0 unspecified atom stereocenters. The lowest BCUT2D eigenvalue weighted by Crippen LogP contribution is -2.37. The molecule has 1 N–H and O–H groups in total. The first-order chi connectivity index (χ1) is 8.66. The molecule has 0 bridgehead atoms. The predicted octanol–water partition coefficient (Wildman–Crippen LogP) is 2.69. The maximum absolute atomic E-state index is 12.1. The van der Waals surface area contributed by atoms with Crippen LogP contribution in [0, 0.1) is 13.8 Å². The van der Waals surface area contributed by atoms with Crippen molar-refractivity contribution in [3.63, 3.8) is 0 Å². The summed E-state index contributed by atoms with van der Waals surface area (Å²) in [6, 6.07) is 0.397. The number of nitrogens with zero attached hydrogens (tertiary/aromatic N) is 1. The Morgan fingerprint density at radius 3 is 2.44 bits per heavy atom. The fourth-order valence-corrected chi connectivity index (χ4v) is 2.69. The first kappa shape index (κ1) is 13.1. The van der Waals surface area contributed by atoms with E-state index in [4.69, 9.17) is 0 Å². The van der Waals surface area contributed by atoms with Crippen LogP contribution in [0.15, 0.2) is 12.4 Å². The second-order valence-electron chi connectivity index (χ2n) is 5.33. The third-order valence-electron chi connectivity index (χ3n) is 3.80. The number of pyridine rings is 1. The summed E-state index contributed by atoms with van der Waals surface area (Å²) < 4.78 is 0. The molecule has 98 valence electrons. The van der Waals surface area contributed by atoms with Gasteiger partial charge >= 0.3 is 0 Å². The molecule has 1 aromatic heterocycles. The molecule has 1 heterocycles. The third kappa shape index (κ3) is 3.31. The highest BCUT2D eigenvalue weighted by Crippen LogP contribution is 2.18. The van der Waals surface area contributed by atoms with E-state index < -0.39 is 0 Å². The zero-order valence-corrected chi connectivity index (χ0v) is 11.3. The summed E-state index contributed by atoms with van der Waals surface area (Å²) in [5.74, 6) is 0.152. The average molecular weight is 246 g/mol. The topological polar surface area (TPSA) is 42.0 Å². The van der Waals surface area contributed by atoms with E-state index in [1.165, 1.54) is 19.3 Å². The van der Waals surface area contributed by atoms with Gasteiger partial charge in [-0.15, -0.1) is 0 Å². The van der Waals surface area contributed by atoms with Crippen LogP contribution in [0.2, 0.25) is 0 Å². The number of rotatable bonds is 3. The standard InChI is InChI=1S/C15H22N2O/c1-11-9-16-10-12(2)14(11)8-15(18)17-13-6-4-3-5-7-13/h9-10,13H,3-8H2,1-2H3,(H,17,18). The van der Waals surface area contributed by atoms with Gasteiger partial charge in [-0.2, -0.15) is 0 Å². The summed E-state index contributed by atoms with van der Waals surface area (Å²) in [4.78, 5) is 16.2. The van der Waals surface area contributed by atoms with E-state index in [-0.39, 0.29) is 5.91 Å². The van der Waals surface area contributed by atoms with Gasteiger partial charge in [0, 0.05) is 18.4 Å². The van der Waals surface area contributed by atoms with Gasteiger partial charge in [-0.3, -0.25) is 9.78 Å². The molecule has 1 amide bonds. The van der Waals surface area contributed by atoms with Crippen LogP contribution in [0.5, 0.6) is 0 Å². The van der Waals surface area contributed by atoms with E-state index >= 15 is 0 Å². The van der Waals surface area contributed by atoms with Crippen molar-refractivity contribution in [3.8, 4) is 0 Å². The maximum Gasteiger partial charge on any atom is 0.224 e. The molecule has 1 aliphatic rings. The number of amides is 1. The molecule has 1 saturated carbocycles. The van der Waals surface area contributed by atoms with Gasteiger partial charge in [-0.25, -0.2) is 0 Å². The second kappa shape index (κ2) is 5.98. The molecule has 0 aliphatic heterocycles. The third-order valence-corrected chi connectivity index (χ3v) is 3.80. The van der Waals surface area contributed by atoms with Crippen LogP contribution in [-0.2, 0) is 11.2 Å². The van der Waals surface area contributed by atoms with E-state index in [9.17, 15) is 4.79 Å². The van der Waals surface area contributed by atoms with E-state index in [0.717, 1.165) is 29.5 Å². The van der Waals surface area contributed by atoms with Crippen molar-refractivity contribution in [2.24, 2.45) is 0 Å². The lowest BCUT2D eigenvalue weighted by molar-refractivity contribution is -0.121. The largest absolute Gasteiger partial charge is 0.353 e. The molecule has 0 saturated heterocycles. The molecule has 1 aliphatic carbocycles. The van der Waals surface area contributed by atoms with E-state index in [0.29, 0.717) is 12.5 Å². The molecule has 3 nitrogen and oxygen atoms in total. The van der Waals surface area contributed by atoms with E-state index in [1.807, 2.05) is 26.2 Å². The van der Waals surface area contributed by atoms with Gasteiger partial charge in [0.2, 0.25) is 5.91 Å². The number of nitrogens with one attached hydrogen (secondary N) is 1. The molecule has 1 fully saturated rings. The molecular weight excluding hydrogens is 224 g/mol. The first-order valence-electron chi connectivity index (χ1n) is 6.86. The molecule has 0 aromatic carbocycles. The number of carbonyl (C=O) groups is 1. The molecule has 0 radical (unpaired) electrons. The van der Waals surface area contributed by atoms with Gasteiger partial charge in [0.05, 0.1) is 6.42 Å². The number of hydrogen-bond acceptors (Lipinski definition) is 2.